The van der Waals surface area contributed by atoms with Crippen LogP contribution in [0.15, 0.2) is 34.9 Å². The molecule has 0 amide bonds. The molecule has 0 aliphatic rings. The first-order valence-corrected chi connectivity index (χ1v) is 5.93. The molecule has 2 rings (SSSR count). The second-order valence-corrected chi connectivity index (χ2v) is 4.53. The highest BCUT2D eigenvalue weighted by atomic mass is 79.9. The highest BCUT2D eigenvalue weighted by molar-refractivity contribution is 9.10. The first-order chi connectivity index (χ1) is 7.72. The van der Waals surface area contributed by atoms with E-state index in [1.165, 1.54) is 0 Å². The first kappa shape index (κ1) is 11.4. The molecule has 4 heteroatoms. The second-order valence-electron chi connectivity index (χ2n) is 3.68. The molecule has 0 bridgehead atoms. The zero-order valence-electron chi connectivity index (χ0n) is 9.37. The lowest BCUT2D eigenvalue weighted by molar-refractivity contribution is 0.795. The van der Waals surface area contributed by atoms with Crippen molar-refractivity contribution in [2.45, 2.75) is 6.54 Å². The molecule has 0 aliphatic heterocycles. The molecule has 84 valence electrons. The van der Waals surface area contributed by atoms with Crippen LogP contribution in [0.5, 0.6) is 0 Å². The van der Waals surface area contributed by atoms with E-state index in [9.17, 15) is 0 Å². The summed E-state index contributed by atoms with van der Waals surface area (Å²) in [5.74, 6) is 0.984. The molecule has 3 nitrogen and oxygen atoms in total. The Balaban J connectivity index is 2.44. The van der Waals surface area contributed by atoms with Gasteiger partial charge in [0.1, 0.15) is 5.82 Å². The van der Waals surface area contributed by atoms with Crippen LogP contribution >= 0.6 is 15.9 Å². The summed E-state index contributed by atoms with van der Waals surface area (Å²) in [4.78, 5) is 4.60. The maximum absolute atomic E-state index is 4.60. The number of benzene rings is 1. The van der Waals surface area contributed by atoms with Crippen molar-refractivity contribution in [3.63, 3.8) is 0 Å². The van der Waals surface area contributed by atoms with Gasteiger partial charge in [-0.05, 0) is 13.1 Å². The molecule has 16 heavy (non-hydrogen) atoms. The SMILES string of the molecule is CNCc1cn(C)c(-c2ccccc2Br)n1. The van der Waals surface area contributed by atoms with Crippen LogP contribution in [0.1, 0.15) is 5.69 Å². The van der Waals surface area contributed by atoms with Gasteiger partial charge in [-0.2, -0.15) is 0 Å². The normalized spacial score (nSPS) is 10.7. The molecule has 1 heterocycles. The summed E-state index contributed by atoms with van der Waals surface area (Å²) in [6.07, 6.45) is 2.05. The van der Waals surface area contributed by atoms with Crippen LogP contribution in [-0.2, 0) is 13.6 Å². The van der Waals surface area contributed by atoms with Gasteiger partial charge in [-0.25, -0.2) is 4.98 Å². The van der Waals surface area contributed by atoms with Crippen molar-refractivity contribution in [1.29, 1.82) is 0 Å². The standard InChI is InChI=1S/C12H14BrN3/c1-14-7-9-8-16(2)12(15-9)10-5-3-4-6-11(10)13/h3-6,8,14H,7H2,1-2H3. The number of aryl methyl sites for hydroxylation is 1. The maximum atomic E-state index is 4.60. The summed E-state index contributed by atoms with van der Waals surface area (Å²) in [6, 6.07) is 8.12. The maximum Gasteiger partial charge on any atom is 0.141 e. The van der Waals surface area contributed by atoms with Gasteiger partial charge in [-0.3, -0.25) is 0 Å². The summed E-state index contributed by atoms with van der Waals surface area (Å²) in [5, 5.41) is 3.10. The number of aromatic nitrogens is 2. The molecule has 1 N–H and O–H groups in total. The summed E-state index contributed by atoms with van der Waals surface area (Å²) < 4.78 is 3.12. The van der Waals surface area contributed by atoms with Crippen LogP contribution in [0.3, 0.4) is 0 Å². The molecule has 1 aromatic heterocycles. The largest absolute Gasteiger partial charge is 0.334 e. The van der Waals surface area contributed by atoms with Crippen LogP contribution in [0, 0.1) is 0 Å². The highest BCUT2D eigenvalue weighted by Crippen LogP contribution is 2.26. The van der Waals surface area contributed by atoms with Gasteiger partial charge < -0.3 is 9.88 Å². The Labute approximate surface area is 104 Å². The fourth-order valence-corrected chi connectivity index (χ4v) is 2.15. The predicted molar refractivity (Wildman–Crippen MR) is 69.1 cm³/mol. The Kier molecular flexibility index (Phi) is 3.41. The lowest BCUT2D eigenvalue weighted by atomic mass is 10.2. The van der Waals surface area contributed by atoms with Gasteiger partial charge in [0.2, 0.25) is 0 Å². The quantitative estimate of drug-likeness (QED) is 0.936. The molecule has 0 radical (unpaired) electrons. The average molecular weight is 280 g/mol. The molecular weight excluding hydrogens is 266 g/mol. The van der Waals surface area contributed by atoms with Gasteiger partial charge in [0.15, 0.2) is 0 Å². The van der Waals surface area contributed by atoms with Gasteiger partial charge in [-0.1, -0.05) is 34.1 Å². The van der Waals surface area contributed by atoms with Gasteiger partial charge in [0.05, 0.1) is 5.69 Å². The Hall–Kier alpha value is -1.13. The third-order valence-electron chi connectivity index (χ3n) is 2.40. The Bertz CT molecular complexity index is 491. The third-order valence-corrected chi connectivity index (χ3v) is 3.09. The van der Waals surface area contributed by atoms with Gasteiger partial charge in [0, 0.05) is 29.8 Å². The minimum Gasteiger partial charge on any atom is -0.334 e. The molecule has 0 spiro atoms. The van der Waals surface area contributed by atoms with E-state index in [-0.39, 0.29) is 0 Å². The van der Waals surface area contributed by atoms with Gasteiger partial charge >= 0.3 is 0 Å². The van der Waals surface area contributed by atoms with Crippen molar-refractivity contribution in [3.8, 4) is 11.4 Å². The number of nitrogens with zero attached hydrogens (tertiary/aromatic N) is 2. The van der Waals surface area contributed by atoms with E-state index in [4.69, 9.17) is 0 Å². The number of imidazole rings is 1. The Morgan fingerprint density at radius 2 is 2.12 bits per heavy atom. The second kappa shape index (κ2) is 4.80. The molecule has 0 saturated carbocycles. The Morgan fingerprint density at radius 1 is 1.38 bits per heavy atom. The van der Waals surface area contributed by atoms with Crippen LogP contribution in [0.4, 0.5) is 0 Å². The zero-order valence-corrected chi connectivity index (χ0v) is 11.0. The molecule has 0 fully saturated rings. The fraction of sp³-hybridized carbons (Fsp3) is 0.250. The van der Waals surface area contributed by atoms with E-state index in [1.807, 2.05) is 43.1 Å². The Morgan fingerprint density at radius 3 is 2.81 bits per heavy atom. The summed E-state index contributed by atoms with van der Waals surface area (Å²) >= 11 is 3.55. The number of hydrogen-bond donors (Lipinski definition) is 1. The summed E-state index contributed by atoms with van der Waals surface area (Å²) in [7, 11) is 3.94. The van der Waals surface area contributed by atoms with Gasteiger partial charge in [0.25, 0.3) is 0 Å². The summed E-state index contributed by atoms with van der Waals surface area (Å²) in [6.45, 7) is 0.790. The predicted octanol–water partition coefficient (Wildman–Crippen LogP) is 2.57. The molecule has 0 unspecified atom stereocenters. The third kappa shape index (κ3) is 2.18. The molecule has 0 atom stereocenters. The minimum absolute atomic E-state index is 0.790. The molecule has 0 saturated heterocycles. The fourth-order valence-electron chi connectivity index (χ4n) is 1.69. The highest BCUT2D eigenvalue weighted by Gasteiger charge is 2.09. The molecule has 1 aromatic carbocycles. The van der Waals surface area contributed by atoms with Crippen molar-refractivity contribution in [1.82, 2.24) is 14.9 Å². The van der Waals surface area contributed by atoms with Gasteiger partial charge in [-0.15, -0.1) is 0 Å². The van der Waals surface area contributed by atoms with Crippen molar-refractivity contribution in [2.75, 3.05) is 7.05 Å². The van der Waals surface area contributed by atoms with E-state index >= 15 is 0 Å². The number of rotatable bonds is 3. The van der Waals surface area contributed by atoms with E-state index in [0.29, 0.717) is 0 Å². The monoisotopic (exact) mass is 279 g/mol. The van der Waals surface area contributed by atoms with Crippen LogP contribution < -0.4 is 5.32 Å². The number of nitrogens with one attached hydrogen (secondary N) is 1. The van der Waals surface area contributed by atoms with Crippen LogP contribution in [0.25, 0.3) is 11.4 Å². The van der Waals surface area contributed by atoms with Crippen LogP contribution in [-0.4, -0.2) is 16.6 Å². The van der Waals surface area contributed by atoms with E-state index < -0.39 is 0 Å². The lowest BCUT2D eigenvalue weighted by Gasteiger charge is -2.03. The smallest absolute Gasteiger partial charge is 0.141 e. The number of halogens is 1. The van der Waals surface area contributed by atoms with Crippen molar-refractivity contribution < 1.29 is 0 Å². The lowest BCUT2D eigenvalue weighted by Crippen LogP contribution is -2.04. The van der Waals surface area contributed by atoms with Crippen molar-refractivity contribution in [2.24, 2.45) is 7.05 Å². The minimum atomic E-state index is 0.790. The molecule has 2 aromatic rings. The zero-order chi connectivity index (χ0) is 11.5. The van der Waals surface area contributed by atoms with Crippen molar-refractivity contribution in [3.05, 3.63) is 40.6 Å². The first-order valence-electron chi connectivity index (χ1n) is 5.14. The van der Waals surface area contributed by atoms with E-state index in [2.05, 4.69) is 32.3 Å². The summed E-state index contributed by atoms with van der Waals surface area (Å²) in [5.41, 5.74) is 2.17. The molecule has 0 aliphatic carbocycles. The topological polar surface area (TPSA) is 29.9 Å². The van der Waals surface area contributed by atoms with E-state index in [0.717, 1.165) is 28.1 Å². The van der Waals surface area contributed by atoms with E-state index in [1.54, 1.807) is 0 Å². The van der Waals surface area contributed by atoms with Crippen LogP contribution in [0.2, 0.25) is 0 Å². The average Bonchev–Trinajstić information content (AvgIpc) is 2.61. The molecular formula is C12H14BrN3. The van der Waals surface area contributed by atoms with Crippen molar-refractivity contribution >= 4 is 15.9 Å². The number of hydrogen-bond acceptors (Lipinski definition) is 2.